The van der Waals surface area contributed by atoms with Gasteiger partial charge in [-0.3, -0.25) is 0 Å². The van der Waals surface area contributed by atoms with Crippen molar-refractivity contribution < 1.29 is 12.8 Å². The smallest absolute Gasteiger partial charge is 0.247 e. The van der Waals surface area contributed by atoms with Crippen molar-refractivity contribution in [3.63, 3.8) is 0 Å². The molecule has 0 spiro atoms. The van der Waals surface area contributed by atoms with Crippen molar-refractivity contribution in [2.24, 2.45) is 5.73 Å². The fraction of sp³-hybridized carbons (Fsp3) is 0.714. The highest BCUT2D eigenvalue weighted by molar-refractivity contribution is 7.89. The Balaban J connectivity index is 2.55. The zero-order chi connectivity index (χ0) is 15.1. The summed E-state index contributed by atoms with van der Waals surface area (Å²) in [7, 11) is -3.55. The highest BCUT2D eigenvalue weighted by Gasteiger charge is 2.39. The summed E-state index contributed by atoms with van der Waals surface area (Å²) in [6.45, 7) is 7.57. The van der Waals surface area contributed by atoms with Gasteiger partial charge in [0.25, 0.3) is 0 Å². The number of nitrogens with two attached hydrogens (primary N) is 1. The van der Waals surface area contributed by atoms with Crippen molar-refractivity contribution >= 4 is 10.0 Å². The lowest BCUT2D eigenvalue weighted by Crippen LogP contribution is -2.47. The number of piperidine rings is 1. The van der Waals surface area contributed by atoms with Gasteiger partial charge in [0, 0.05) is 24.2 Å². The van der Waals surface area contributed by atoms with Crippen molar-refractivity contribution in [1.29, 1.82) is 0 Å². The Bertz CT molecular complexity index is 582. The predicted molar refractivity (Wildman–Crippen MR) is 77.9 cm³/mol. The molecule has 114 valence electrons. The molecule has 5 nitrogen and oxygen atoms in total. The molecule has 1 aliphatic rings. The maximum Gasteiger partial charge on any atom is 0.247 e. The Labute approximate surface area is 121 Å². The molecule has 1 aromatic heterocycles. The van der Waals surface area contributed by atoms with Crippen molar-refractivity contribution in [1.82, 2.24) is 4.31 Å². The van der Waals surface area contributed by atoms with Crippen LogP contribution in [0, 0.1) is 13.8 Å². The van der Waals surface area contributed by atoms with Crippen LogP contribution in [0.5, 0.6) is 0 Å². The standard InChI is InChI=1S/C14H24N2O3S/c1-9-6-5-7-10(2)16(9)20(17,18)14-12(4)19-11(3)13(14)8-15/h9-10H,5-8,15H2,1-4H3/t9-,10+. The van der Waals surface area contributed by atoms with Crippen LogP contribution in [-0.2, 0) is 16.6 Å². The topological polar surface area (TPSA) is 76.5 Å². The average molecular weight is 300 g/mol. The number of nitrogens with zero attached hydrogens (tertiary/aromatic N) is 1. The molecule has 0 aliphatic carbocycles. The average Bonchev–Trinajstić information content (AvgIpc) is 2.63. The van der Waals surface area contributed by atoms with E-state index in [4.69, 9.17) is 10.2 Å². The van der Waals surface area contributed by atoms with Crippen molar-refractivity contribution in [3.05, 3.63) is 17.1 Å². The number of hydrogen-bond acceptors (Lipinski definition) is 4. The zero-order valence-electron chi connectivity index (χ0n) is 12.6. The molecule has 20 heavy (non-hydrogen) atoms. The molecule has 0 aromatic carbocycles. The second-order valence-electron chi connectivity index (χ2n) is 5.69. The molecule has 0 radical (unpaired) electrons. The van der Waals surface area contributed by atoms with Gasteiger partial charge in [0.05, 0.1) is 0 Å². The van der Waals surface area contributed by atoms with Crippen LogP contribution in [0.1, 0.15) is 50.2 Å². The van der Waals surface area contributed by atoms with Gasteiger partial charge >= 0.3 is 0 Å². The molecule has 0 saturated carbocycles. The van der Waals surface area contributed by atoms with Crippen LogP contribution in [0.4, 0.5) is 0 Å². The monoisotopic (exact) mass is 300 g/mol. The highest BCUT2D eigenvalue weighted by Crippen LogP contribution is 2.34. The summed E-state index contributed by atoms with van der Waals surface area (Å²) in [4.78, 5) is 0.276. The summed E-state index contributed by atoms with van der Waals surface area (Å²) in [5, 5.41) is 0. The van der Waals surface area contributed by atoms with Crippen LogP contribution in [-0.4, -0.2) is 24.8 Å². The normalized spacial score (nSPS) is 25.1. The molecular weight excluding hydrogens is 276 g/mol. The van der Waals surface area contributed by atoms with Crippen LogP contribution < -0.4 is 5.73 Å². The number of aryl methyl sites for hydroxylation is 2. The second kappa shape index (κ2) is 5.50. The van der Waals surface area contributed by atoms with E-state index in [1.54, 1.807) is 18.2 Å². The Morgan fingerprint density at radius 1 is 1.20 bits per heavy atom. The van der Waals surface area contributed by atoms with Gasteiger partial charge in [0.15, 0.2) is 0 Å². The Morgan fingerprint density at radius 2 is 1.75 bits per heavy atom. The van der Waals surface area contributed by atoms with Gasteiger partial charge in [0.1, 0.15) is 16.4 Å². The van der Waals surface area contributed by atoms with Gasteiger partial charge in [-0.1, -0.05) is 6.42 Å². The molecule has 1 saturated heterocycles. The lowest BCUT2D eigenvalue weighted by atomic mass is 10.0. The number of sulfonamides is 1. The first-order valence-electron chi connectivity index (χ1n) is 7.13. The van der Waals surface area contributed by atoms with Crippen LogP contribution in [0.25, 0.3) is 0 Å². The molecule has 0 unspecified atom stereocenters. The molecule has 6 heteroatoms. The van der Waals surface area contributed by atoms with Crippen LogP contribution >= 0.6 is 0 Å². The van der Waals surface area contributed by atoms with Crippen LogP contribution in [0.3, 0.4) is 0 Å². The lowest BCUT2D eigenvalue weighted by molar-refractivity contribution is 0.204. The van der Waals surface area contributed by atoms with E-state index < -0.39 is 10.0 Å². The van der Waals surface area contributed by atoms with Gasteiger partial charge in [-0.25, -0.2) is 8.42 Å². The minimum atomic E-state index is -3.55. The molecular formula is C14H24N2O3S. The van der Waals surface area contributed by atoms with E-state index in [2.05, 4.69) is 0 Å². The maximum absolute atomic E-state index is 13.0. The number of rotatable bonds is 3. The minimum absolute atomic E-state index is 0.0176. The third-order valence-corrected chi connectivity index (χ3v) is 6.50. The third-order valence-electron chi connectivity index (χ3n) is 4.18. The van der Waals surface area contributed by atoms with E-state index in [-0.39, 0.29) is 23.5 Å². The van der Waals surface area contributed by atoms with E-state index in [0.717, 1.165) is 19.3 Å². The summed E-state index contributed by atoms with van der Waals surface area (Å²) in [6, 6.07) is 0.0351. The fourth-order valence-corrected chi connectivity index (χ4v) is 5.57. The molecule has 2 heterocycles. The molecule has 2 rings (SSSR count). The van der Waals surface area contributed by atoms with Crippen molar-refractivity contribution in [2.45, 2.75) is 70.5 Å². The Kier molecular flexibility index (Phi) is 4.27. The van der Waals surface area contributed by atoms with Gasteiger partial charge in [-0.05, 0) is 40.5 Å². The van der Waals surface area contributed by atoms with Gasteiger partial charge in [-0.2, -0.15) is 4.31 Å². The molecule has 0 bridgehead atoms. The van der Waals surface area contributed by atoms with Crippen molar-refractivity contribution in [3.8, 4) is 0 Å². The van der Waals surface area contributed by atoms with Crippen LogP contribution in [0.2, 0.25) is 0 Å². The summed E-state index contributed by atoms with van der Waals surface area (Å²) >= 11 is 0. The molecule has 2 N–H and O–H groups in total. The molecule has 1 aromatic rings. The van der Waals surface area contributed by atoms with E-state index in [1.165, 1.54) is 0 Å². The SMILES string of the molecule is Cc1oc(C)c(S(=O)(=O)N2[C@H](C)CCC[C@@H]2C)c1CN. The Hall–Kier alpha value is -0.850. The van der Waals surface area contributed by atoms with Crippen molar-refractivity contribution in [2.75, 3.05) is 0 Å². The van der Waals surface area contributed by atoms with Gasteiger partial charge < -0.3 is 10.2 Å². The largest absolute Gasteiger partial charge is 0.465 e. The van der Waals surface area contributed by atoms with E-state index >= 15 is 0 Å². The summed E-state index contributed by atoms with van der Waals surface area (Å²) in [6.07, 6.45) is 2.87. The highest BCUT2D eigenvalue weighted by atomic mass is 32.2. The van der Waals surface area contributed by atoms with Gasteiger partial charge in [-0.15, -0.1) is 0 Å². The van der Waals surface area contributed by atoms with Crippen LogP contribution in [0.15, 0.2) is 9.31 Å². The lowest BCUT2D eigenvalue weighted by Gasteiger charge is -2.37. The van der Waals surface area contributed by atoms with E-state index in [1.807, 2.05) is 13.8 Å². The Morgan fingerprint density at radius 3 is 2.25 bits per heavy atom. The first kappa shape index (κ1) is 15.5. The molecule has 1 fully saturated rings. The molecule has 2 atom stereocenters. The first-order chi connectivity index (χ1) is 9.30. The zero-order valence-corrected chi connectivity index (χ0v) is 13.5. The summed E-state index contributed by atoms with van der Waals surface area (Å²) in [5.41, 5.74) is 6.32. The molecule has 1 aliphatic heterocycles. The van der Waals surface area contributed by atoms with E-state index in [9.17, 15) is 8.42 Å². The quantitative estimate of drug-likeness (QED) is 0.929. The fourth-order valence-electron chi connectivity index (χ4n) is 3.26. The maximum atomic E-state index is 13.0. The number of furan rings is 1. The number of hydrogen-bond donors (Lipinski definition) is 1. The van der Waals surface area contributed by atoms with Gasteiger partial charge in [0.2, 0.25) is 10.0 Å². The summed E-state index contributed by atoms with van der Waals surface area (Å²) < 4.78 is 33.2. The second-order valence-corrected chi connectivity index (χ2v) is 7.47. The summed E-state index contributed by atoms with van der Waals surface area (Å²) in [5.74, 6) is 1.04. The van der Waals surface area contributed by atoms with E-state index in [0.29, 0.717) is 17.1 Å². The first-order valence-corrected chi connectivity index (χ1v) is 8.57. The minimum Gasteiger partial charge on any atom is -0.465 e. The third kappa shape index (κ3) is 2.40. The molecule has 0 amide bonds. The predicted octanol–water partition coefficient (Wildman–Crippen LogP) is 2.31.